The Labute approximate surface area is 171 Å². The first-order valence-corrected chi connectivity index (χ1v) is 10.1. The van der Waals surface area contributed by atoms with Gasteiger partial charge in [-0.25, -0.2) is 18.7 Å². The molecule has 30 heavy (non-hydrogen) atoms. The van der Waals surface area contributed by atoms with E-state index in [0.717, 1.165) is 43.0 Å². The van der Waals surface area contributed by atoms with E-state index < -0.39 is 35.1 Å². The molecule has 7 nitrogen and oxygen atoms in total. The zero-order valence-corrected chi connectivity index (χ0v) is 16.1. The number of carbonyl (C=O) groups excluding carboxylic acids is 2. The van der Waals surface area contributed by atoms with Gasteiger partial charge in [-0.3, -0.25) is 9.59 Å². The minimum atomic E-state index is -0.916. The van der Waals surface area contributed by atoms with Crippen LogP contribution in [0.25, 0.3) is 0 Å². The summed E-state index contributed by atoms with van der Waals surface area (Å²) in [5.41, 5.74) is 1.51. The number of aryl methyl sites for hydroxylation is 1. The summed E-state index contributed by atoms with van der Waals surface area (Å²) in [5.74, 6) is -2.73. The van der Waals surface area contributed by atoms with Gasteiger partial charge in [0.2, 0.25) is 11.7 Å². The maximum absolute atomic E-state index is 14.0. The fourth-order valence-corrected chi connectivity index (χ4v) is 4.59. The van der Waals surface area contributed by atoms with Gasteiger partial charge in [0.15, 0.2) is 0 Å². The first-order valence-electron chi connectivity index (χ1n) is 10.1. The standard InChI is InChI=1S/C21H20F2N4O3/c22-13-7-11-3-4-15(19(28)26-16(11)14(23)8-13)25-20(29)18-24-9-12-10-30-21(17(12)27-18)5-1-2-6-21/h7-9,15H,1-6,10H2,(H,25,29)(H,26,28)/t15-/m0/s1. The van der Waals surface area contributed by atoms with Crippen molar-refractivity contribution in [3.05, 3.63) is 52.6 Å². The summed E-state index contributed by atoms with van der Waals surface area (Å²) in [7, 11) is 0. The van der Waals surface area contributed by atoms with E-state index >= 15 is 0 Å². The van der Waals surface area contributed by atoms with Gasteiger partial charge in [0, 0.05) is 17.8 Å². The molecule has 0 radical (unpaired) electrons. The van der Waals surface area contributed by atoms with Crippen LogP contribution in [-0.2, 0) is 28.2 Å². The Kier molecular flexibility index (Phi) is 4.50. The molecule has 0 saturated heterocycles. The van der Waals surface area contributed by atoms with Gasteiger partial charge in [0.1, 0.15) is 23.3 Å². The Morgan fingerprint density at radius 3 is 2.83 bits per heavy atom. The molecule has 2 amide bonds. The average Bonchev–Trinajstić information content (AvgIpc) is 3.31. The molecular formula is C21H20F2N4O3. The number of rotatable bonds is 2. The number of amides is 2. The Morgan fingerprint density at radius 1 is 1.23 bits per heavy atom. The fraction of sp³-hybridized carbons (Fsp3) is 0.429. The number of benzene rings is 1. The Morgan fingerprint density at radius 2 is 2.03 bits per heavy atom. The number of hydrogen-bond donors (Lipinski definition) is 2. The van der Waals surface area contributed by atoms with E-state index in [2.05, 4.69) is 20.6 Å². The SMILES string of the molecule is O=C(N[C@H]1CCc2cc(F)cc(F)c2NC1=O)c1ncc2c(n1)C1(CCCC1)OC2. The quantitative estimate of drug-likeness (QED) is 0.788. The second-order valence-electron chi connectivity index (χ2n) is 8.03. The van der Waals surface area contributed by atoms with Gasteiger partial charge in [-0.1, -0.05) is 12.8 Å². The van der Waals surface area contributed by atoms with Crippen molar-refractivity contribution in [2.45, 2.75) is 56.8 Å². The van der Waals surface area contributed by atoms with E-state index in [1.54, 1.807) is 6.20 Å². The van der Waals surface area contributed by atoms with E-state index in [0.29, 0.717) is 12.2 Å². The summed E-state index contributed by atoms with van der Waals surface area (Å²) < 4.78 is 33.5. The highest BCUT2D eigenvalue weighted by atomic mass is 19.1. The van der Waals surface area contributed by atoms with E-state index in [-0.39, 0.29) is 24.4 Å². The molecule has 5 rings (SSSR count). The van der Waals surface area contributed by atoms with Crippen molar-refractivity contribution in [3.8, 4) is 0 Å². The third-order valence-corrected chi connectivity index (χ3v) is 6.12. The maximum atomic E-state index is 14.0. The molecule has 1 atom stereocenters. The van der Waals surface area contributed by atoms with Crippen LogP contribution in [0.1, 0.15) is 59.5 Å². The normalized spacial score (nSPS) is 21.7. The summed E-state index contributed by atoms with van der Waals surface area (Å²) in [6, 6.07) is 0.992. The van der Waals surface area contributed by atoms with Crippen molar-refractivity contribution in [2.24, 2.45) is 0 Å². The number of hydrogen-bond acceptors (Lipinski definition) is 5. The molecule has 2 aliphatic heterocycles. The first-order chi connectivity index (χ1) is 14.4. The van der Waals surface area contributed by atoms with Gasteiger partial charge in [-0.2, -0.15) is 0 Å². The van der Waals surface area contributed by atoms with Crippen LogP contribution in [0, 0.1) is 11.6 Å². The summed E-state index contributed by atoms with van der Waals surface area (Å²) in [4.78, 5) is 33.9. The lowest BCUT2D eigenvalue weighted by Gasteiger charge is -2.22. The maximum Gasteiger partial charge on any atom is 0.289 e. The predicted molar refractivity (Wildman–Crippen MR) is 102 cm³/mol. The number of fused-ring (bicyclic) bond motifs is 3. The van der Waals surface area contributed by atoms with Crippen LogP contribution >= 0.6 is 0 Å². The van der Waals surface area contributed by atoms with E-state index in [4.69, 9.17) is 4.74 Å². The molecule has 3 heterocycles. The van der Waals surface area contributed by atoms with Gasteiger partial charge in [-0.05, 0) is 37.3 Å². The molecule has 0 bridgehead atoms. The third-order valence-electron chi connectivity index (χ3n) is 6.12. The molecule has 1 aromatic heterocycles. The second kappa shape index (κ2) is 7.09. The lowest BCUT2D eigenvalue weighted by molar-refractivity contribution is -0.118. The molecule has 1 saturated carbocycles. The molecule has 0 unspecified atom stereocenters. The van der Waals surface area contributed by atoms with Crippen molar-refractivity contribution in [3.63, 3.8) is 0 Å². The highest BCUT2D eigenvalue weighted by Gasteiger charge is 2.44. The summed E-state index contributed by atoms with van der Waals surface area (Å²) in [6.07, 6.45) is 5.86. The molecule has 2 aromatic rings. The molecule has 9 heteroatoms. The van der Waals surface area contributed by atoms with Crippen LogP contribution in [0.2, 0.25) is 0 Å². The van der Waals surface area contributed by atoms with Crippen LogP contribution in [0.4, 0.5) is 14.5 Å². The van der Waals surface area contributed by atoms with Gasteiger partial charge >= 0.3 is 0 Å². The molecule has 1 aromatic carbocycles. The first kappa shape index (κ1) is 19.0. The monoisotopic (exact) mass is 414 g/mol. The Bertz CT molecular complexity index is 1050. The third kappa shape index (κ3) is 3.13. The lowest BCUT2D eigenvalue weighted by atomic mass is 9.97. The van der Waals surface area contributed by atoms with Gasteiger partial charge in [0.25, 0.3) is 5.91 Å². The zero-order valence-electron chi connectivity index (χ0n) is 16.1. The number of carbonyl (C=O) groups is 2. The zero-order chi connectivity index (χ0) is 20.9. The summed E-state index contributed by atoms with van der Waals surface area (Å²) >= 11 is 0. The molecule has 1 fully saturated rings. The van der Waals surface area contributed by atoms with Crippen LogP contribution in [-0.4, -0.2) is 27.8 Å². The largest absolute Gasteiger partial charge is 0.364 e. The van der Waals surface area contributed by atoms with E-state index in [1.807, 2.05) is 0 Å². The van der Waals surface area contributed by atoms with Crippen molar-refractivity contribution in [1.82, 2.24) is 15.3 Å². The fourth-order valence-electron chi connectivity index (χ4n) is 4.59. The molecular weight excluding hydrogens is 394 g/mol. The topological polar surface area (TPSA) is 93.2 Å². The van der Waals surface area contributed by atoms with Gasteiger partial charge < -0.3 is 15.4 Å². The lowest BCUT2D eigenvalue weighted by Crippen LogP contribution is -2.44. The molecule has 1 aliphatic carbocycles. The molecule has 1 spiro atoms. The molecule has 3 aliphatic rings. The van der Waals surface area contributed by atoms with Gasteiger partial charge in [-0.15, -0.1) is 0 Å². The summed E-state index contributed by atoms with van der Waals surface area (Å²) in [6.45, 7) is 0.433. The van der Waals surface area contributed by atoms with Gasteiger partial charge in [0.05, 0.1) is 18.0 Å². The molecule has 2 N–H and O–H groups in total. The van der Waals surface area contributed by atoms with E-state index in [1.165, 1.54) is 6.07 Å². The number of nitrogens with zero attached hydrogens (tertiary/aromatic N) is 2. The van der Waals surface area contributed by atoms with Crippen LogP contribution < -0.4 is 10.6 Å². The van der Waals surface area contributed by atoms with Crippen molar-refractivity contribution in [2.75, 3.05) is 5.32 Å². The highest BCUT2D eigenvalue weighted by molar-refractivity contribution is 6.00. The smallest absolute Gasteiger partial charge is 0.289 e. The van der Waals surface area contributed by atoms with Crippen molar-refractivity contribution < 1.29 is 23.1 Å². The molecule has 156 valence electrons. The number of aromatic nitrogens is 2. The minimum absolute atomic E-state index is 0.0303. The minimum Gasteiger partial charge on any atom is -0.364 e. The van der Waals surface area contributed by atoms with Crippen LogP contribution in [0.3, 0.4) is 0 Å². The van der Waals surface area contributed by atoms with Crippen molar-refractivity contribution >= 4 is 17.5 Å². The average molecular weight is 414 g/mol. The van der Waals surface area contributed by atoms with Crippen LogP contribution in [0.5, 0.6) is 0 Å². The number of ether oxygens (including phenoxy) is 1. The predicted octanol–water partition coefficient (Wildman–Crippen LogP) is 2.74. The van der Waals surface area contributed by atoms with E-state index in [9.17, 15) is 18.4 Å². The Balaban J connectivity index is 1.35. The Hall–Kier alpha value is -2.94. The second-order valence-corrected chi connectivity index (χ2v) is 8.03. The number of nitrogens with one attached hydrogen (secondary N) is 2. The number of anilines is 1. The summed E-state index contributed by atoms with van der Waals surface area (Å²) in [5, 5.41) is 5.08. The van der Waals surface area contributed by atoms with Crippen LogP contribution in [0.15, 0.2) is 18.3 Å². The highest BCUT2D eigenvalue weighted by Crippen LogP contribution is 2.47. The number of halogens is 2. The van der Waals surface area contributed by atoms with Crippen molar-refractivity contribution in [1.29, 1.82) is 0 Å².